The van der Waals surface area contributed by atoms with Crippen molar-refractivity contribution < 1.29 is 9.72 Å². The van der Waals surface area contributed by atoms with Crippen molar-refractivity contribution in [2.75, 3.05) is 0 Å². The van der Waals surface area contributed by atoms with Gasteiger partial charge in [0, 0.05) is 17.6 Å². The second-order valence-corrected chi connectivity index (χ2v) is 5.61. The molecule has 2 atom stereocenters. The molecule has 1 saturated carbocycles. The molecule has 1 amide bonds. The Morgan fingerprint density at radius 1 is 1.33 bits per heavy atom. The molecule has 2 unspecified atom stereocenters. The third kappa shape index (κ3) is 3.58. The zero-order chi connectivity index (χ0) is 15.4. The van der Waals surface area contributed by atoms with Gasteiger partial charge in [-0.2, -0.15) is 0 Å². The van der Waals surface area contributed by atoms with Gasteiger partial charge in [-0.25, -0.2) is 0 Å². The molecule has 0 spiro atoms. The van der Waals surface area contributed by atoms with Gasteiger partial charge in [-0.1, -0.05) is 31.4 Å². The Bertz CT molecular complexity index is 545. The average Bonchev–Trinajstić information content (AvgIpc) is 2.63. The van der Waals surface area contributed by atoms with E-state index in [4.69, 9.17) is 5.73 Å². The number of carbonyl (C=O) groups is 1. The van der Waals surface area contributed by atoms with E-state index in [1.807, 2.05) is 0 Å². The second kappa shape index (κ2) is 6.67. The normalized spacial score (nSPS) is 22.4. The van der Waals surface area contributed by atoms with E-state index in [1.54, 1.807) is 19.1 Å². The number of hydrogen-bond acceptors (Lipinski definition) is 4. The molecule has 0 bridgehead atoms. The number of carbonyl (C=O) groups excluding carboxylic acids is 1. The summed E-state index contributed by atoms with van der Waals surface area (Å²) in [5.74, 6) is -0.409. The Balaban J connectivity index is 2.20. The van der Waals surface area contributed by atoms with E-state index in [0.717, 1.165) is 32.1 Å². The van der Waals surface area contributed by atoms with Crippen molar-refractivity contribution in [2.45, 2.75) is 51.1 Å². The van der Waals surface area contributed by atoms with Crippen LogP contribution >= 0.6 is 0 Å². The molecule has 1 aromatic carbocycles. The molecule has 6 nitrogen and oxygen atoms in total. The predicted octanol–water partition coefficient (Wildman–Crippen LogP) is 2.29. The van der Waals surface area contributed by atoms with Crippen LogP contribution in [0.1, 0.15) is 48.0 Å². The number of aryl methyl sites for hydroxylation is 1. The van der Waals surface area contributed by atoms with Crippen LogP contribution in [-0.2, 0) is 0 Å². The summed E-state index contributed by atoms with van der Waals surface area (Å²) in [7, 11) is 0. The molecule has 1 aromatic rings. The van der Waals surface area contributed by atoms with E-state index in [0.29, 0.717) is 5.56 Å². The van der Waals surface area contributed by atoms with Crippen molar-refractivity contribution >= 4 is 11.6 Å². The number of nitrogens with two attached hydrogens (primary N) is 1. The lowest BCUT2D eigenvalue weighted by atomic mass is 10.0. The largest absolute Gasteiger partial charge is 0.348 e. The van der Waals surface area contributed by atoms with Crippen molar-refractivity contribution in [2.24, 2.45) is 5.73 Å². The lowest BCUT2D eigenvalue weighted by molar-refractivity contribution is -0.385. The second-order valence-electron chi connectivity index (χ2n) is 5.61. The van der Waals surface area contributed by atoms with E-state index in [-0.39, 0.29) is 23.3 Å². The minimum absolute atomic E-state index is 0.0830. The third-order valence-corrected chi connectivity index (χ3v) is 4.05. The standard InChI is InChI=1S/C15H21N3O3/c1-10-6-5-7-11(14(10)18(20)21)15(19)17-13-9-4-2-3-8-12(13)16/h5-7,12-13H,2-4,8-9,16H2,1H3,(H,17,19). The maximum absolute atomic E-state index is 12.4. The summed E-state index contributed by atoms with van der Waals surface area (Å²) in [6.45, 7) is 1.63. The molecular weight excluding hydrogens is 270 g/mol. The first-order valence-electron chi connectivity index (χ1n) is 7.31. The summed E-state index contributed by atoms with van der Waals surface area (Å²) in [6.07, 6.45) is 4.91. The van der Waals surface area contributed by atoms with Crippen molar-refractivity contribution in [1.82, 2.24) is 5.32 Å². The van der Waals surface area contributed by atoms with Crippen LogP contribution in [-0.4, -0.2) is 22.9 Å². The quantitative estimate of drug-likeness (QED) is 0.507. The van der Waals surface area contributed by atoms with Crippen molar-refractivity contribution in [1.29, 1.82) is 0 Å². The van der Waals surface area contributed by atoms with Crippen molar-refractivity contribution in [3.63, 3.8) is 0 Å². The molecule has 0 aliphatic heterocycles. The van der Waals surface area contributed by atoms with Gasteiger partial charge in [0.25, 0.3) is 11.6 Å². The number of nitro benzene ring substituents is 1. The zero-order valence-corrected chi connectivity index (χ0v) is 12.2. The highest BCUT2D eigenvalue weighted by Crippen LogP contribution is 2.24. The Hall–Kier alpha value is -1.95. The Kier molecular flexibility index (Phi) is 4.90. The summed E-state index contributed by atoms with van der Waals surface area (Å²) in [5, 5.41) is 14.0. The molecule has 0 aromatic heterocycles. The Morgan fingerprint density at radius 2 is 2.05 bits per heavy atom. The molecule has 3 N–H and O–H groups in total. The van der Waals surface area contributed by atoms with Gasteiger partial charge in [-0.05, 0) is 25.8 Å². The topological polar surface area (TPSA) is 98.3 Å². The van der Waals surface area contributed by atoms with E-state index in [1.165, 1.54) is 6.07 Å². The molecule has 0 heterocycles. The first kappa shape index (κ1) is 15.4. The molecule has 1 aliphatic carbocycles. The van der Waals surface area contributed by atoms with Crippen LogP contribution < -0.4 is 11.1 Å². The van der Waals surface area contributed by atoms with Crippen molar-refractivity contribution in [3.8, 4) is 0 Å². The van der Waals surface area contributed by atoms with Crippen molar-refractivity contribution in [3.05, 3.63) is 39.4 Å². The SMILES string of the molecule is Cc1cccc(C(=O)NC2CCCCCC2N)c1[N+](=O)[O-]. The lowest BCUT2D eigenvalue weighted by Crippen LogP contribution is -2.47. The molecular formula is C15H21N3O3. The summed E-state index contributed by atoms with van der Waals surface area (Å²) in [4.78, 5) is 23.0. The maximum Gasteiger partial charge on any atom is 0.285 e. The van der Waals surface area contributed by atoms with Crippen LogP contribution in [0.2, 0.25) is 0 Å². The number of benzene rings is 1. The van der Waals surface area contributed by atoms with Gasteiger partial charge in [0.15, 0.2) is 0 Å². The van der Waals surface area contributed by atoms with Crippen LogP contribution in [0.4, 0.5) is 5.69 Å². The van der Waals surface area contributed by atoms with Gasteiger partial charge in [0.2, 0.25) is 0 Å². The number of rotatable bonds is 3. The Morgan fingerprint density at radius 3 is 2.76 bits per heavy atom. The minimum atomic E-state index is -0.503. The summed E-state index contributed by atoms with van der Waals surface area (Å²) < 4.78 is 0. The van der Waals surface area contributed by atoms with E-state index >= 15 is 0 Å². The predicted molar refractivity (Wildman–Crippen MR) is 80.1 cm³/mol. The number of nitro groups is 1. The molecule has 2 rings (SSSR count). The fourth-order valence-electron chi connectivity index (χ4n) is 2.85. The van der Waals surface area contributed by atoms with Gasteiger partial charge in [-0.3, -0.25) is 14.9 Å². The van der Waals surface area contributed by atoms with Crippen LogP contribution in [0.25, 0.3) is 0 Å². The molecule has 1 aliphatic rings. The molecule has 0 saturated heterocycles. The highest BCUT2D eigenvalue weighted by atomic mass is 16.6. The van der Waals surface area contributed by atoms with Gasteiger partial charge >= 0.3 is 0 Å². The van der Waals surface area contributed by atoms with Crippen LogP contribution in [0.15, 0.2) is 18.2 Å². The maximum atomic E-state index is 12.4. The van der Waals surface area contributed by atoms with Crippen LogP contribution in [0.5, 0.6) is 0 Å². The average molecular weight is 291 g/mol. The van der Waals surface area contributed by atoms with E-state index in [9.17, 15) is 14.9 Å². The number of hydrogen-bond donors (Lipinski definition) is 2. The molecule has 114 valence electrons. The number of nitrogens with zero attached hydrogens (tertiary/aromatic N) is 1. The summed E-state index contributed by atoms with van der Waals surface area (Å²) in [5.41, 5.74) is 6.55. The van der Waals surface area contributed by atoms with E-state index in [2.05, 4.69) is 5.32 Å². The van der Waals surface area contributed by atoms with Crippen LogP contribution in [0, 0.1) is 17.0 Å². The third-order valence-electron chi connectivity index (χ3n) is 4.05. The van der Waals surface area contributed by atoms with Gasteiger partial charge in [0.05, 0.1) is 4.92 Å². The summed E-state index contributed by atoms with van der Waals surface area (Å²) >= 11 is 0. The highest BCUT2D eigenvalue weighted by molar-refractivity contribution is 5.98. The first-order valence-corrected chi connectivity index (χ1v) is 7.31. The highest BCUT2D eigenvalue weighted by Gasteiger charge is 2.27. The smallest absolute Gasteiger partial charge is 0.285 e. The lowest BCUT2D eigenvalue weighted by Gasteiger charge is -2.22. The van der Waals surface area contributed by atoms with E-state index < -0.39 is 10.8 Å². The number of para-hydroxylation sites is 1. The van der Waals surface area contributed by atoms with Gasteiger partial charge in [-0.15, -0.1) is 0 Å². The number of nitrogens with one attached hydrogen (secondary N) is 1. The summed E-state index contributed by atoms with van der Waals surface area (Å²) in [6, 6.07) is 4.58. The molecule has 0 radical (unpaired) electrons. The molecule has 1 fully saturated rings. The van der Waals surface area contributed by atoms with Gasteiger partial charge in [0.1, 0.15) is 5.56 Å². The molecule has 6 heteroatoms. The fraction of sp³-hybridized carbons (Fsp3) is 0.533. The monoisotopic (exact) mass is 291 g/mol. The fourth-order valence-corrected chi connectivity index (χ4v) is 2.85. The first-order chi connectivity index (χ1) is 10.0. The zero-order valence-electron chi connectivity index (χ0n) is 12.2. The van der Waals surface area contributed by atoms with Gasteiger partial charge < -0.3 is 11.1 Å². The minimum Gasteiger partial charge on any atom is -0.348 e. The Labute approximate surface area is 123 Å². The number of amides is 1. The van der Waals surface area contributed by atoms with Crippen LogP contribution in [0.3, 0.4) is 0 Å². The molecule has 21 heavy (non-hydrogen) atoms.